The first-order valence-electron chi connectivity index (χ1n) is 11.9. The van der Waals surface area contributed by atoms with Crippen molar-refractivity contribution >= 4 is 50.7 Å². The molecule has 3 aromatic heterocycles. The lowest BCUT2D eigenvalue weighted by molar-refractivity contribution is -0.645. The molecule has 0 fully saturated rings. The monoisotopic (exact) mass is 492 g/mol. The van der Waals surface area contributed by atoms with Crippen molar-refractivity contribution in [2.75, 3.05) is 29.6 Å². The highest BCUT2D eigenvalue weighted by Crippen LogP contribution is 2.26. The molecule has 8 nitrogen and oxygen atoms in total. The van der Waals surface area contributed by atoms with Gasteiger partial charge in [0.05, 0.1) is 11.1 Å². The molecule has 0 saturated heterocycles. The van der Waals surface area contributed by atoms with E-state index in [-0.39, 0.29) is 23.2 Å². The molecule has 2 amide bonds. The zero-order chi connectivity index (χ0) is 26.1. The minimum atomic E-state index is -0.390. The smallest absolute Gasteiger partial charge is 0.274 e. The summed E-state index contributed by atoms with van der Waals surface area (Å²) >= 11 is 0. The zero-order valence-electron chi connectivity index (χ0n) is 21.2. The van der Waals surface area contributed by atoms with E-state index in [1.807, 2.05) is 109 Å². The van der Waals surface area contributed by atoms with Crippen LogP contribution in [0.3, 0.4) is 0 Å². The van der Waals surface area contributed by atoms with Crippen LogP contribution >= 0.6 is 0 Å². The summed E-state index contributed by atoms with van der Waals surface area (Å²) in [6.45, 7) is 0. The number of carbonyl (C=O) groups excluding carboxylic acids is 2. The molecule has 8 heteroatoms. The Morgan fingerprint density at radius 3 is 2.03 bits per heavy atom. The third kappa shape index (κ3) is 4.81. The number of nitrogens with zero attached hydrogens (tertiary/aromatic N) is 4. The third-order valence-electron chi connectivity index (χ3n) is 6.31. The fraction of sp³-hybridized carbons (Fsp3) is 0.138. The summed E-state index contributed by atoms with van der Waals surface area (Å²) in [6.07, 6.45) is 3.98. The molecule has 0 unspecified atom stereocenters. The summed E-state index contributed by atoms with van der Waals surface area (Å²) in [6, 6.07) is 22.3. The van der Waals surface area contributed by atoms with E-state index in [1.54, 1.807) is 18.2 Å². The predicted molar refractivity (Wildman–Crippen MR) is 145 cm³/mol. The number of pyridine rings is 3. The van der Waals surface area contributed by atoms with Crippen molar-refractivity contribution in [3.63, 3.8) is 0 Å². The van der Waals surface area contributed by atoms with E-state index >= 15 is 0 Å². The molecule has 0 atom stereocenters. The van der Waals surface area contributed by atoms with Crippen molar-refractivity contribution in [1.29, 1.82) is 0 Å². The van der Waals surface area contributed by atoms with Gasteiger partial charge < -0.3 is 15.5 Å². The Kier molecular flexibility index (Phi) is 6.23. The maximum absolute atomic E-state index is 13.0. The number of fused-ring (bicyclic) bond motifs is 2. The summed E-state index contributed by atoms with van der Waals surface area (Å²) in [5.74, 6) is -0.776. The van der Waals surface area contributed by atoms with Crippen LogP contribution in [-0.2, 0) is 14.1 Å². The number of anilines is 3. The van der Waals surface area contributed by atoms with Gasteiger partial charge in [0, 0.05) is 55.1 Å². The maximum Gasteiger partial charge on any atom is 0.274 e. The summed E-state index contributed by atoms with van der Waals surface area (Å²) in [5.41, 5.74) is 4.76. The van der Waals surface area contributed by atoms with Crippen LogP contribution in [-0.4, -0.2) is 30.9 Å². The molecule has 3 heterocycles. The van der Waals surface area contributed by atoms with Gasteiger partial charge in [-0.3, -0.25) is 9.59 Å². The standard InChI is InChI=1S/C29H26N6O2/c1-33(2)26-14-16-35(4)27-13-11-21(18-22(26)27)31-29(37)24-9-5-8-23(32-24)28(36)30-20-10-12-25-19(17-20)7-6-15-34(25)3/h5-18H,1-4H3/p+2. The molecule has 0 bridgehead atoms. The van der Waals surface area contributed by atoms with E-state index in [0.717, 1.165) is 27.5 Å². The summed E-state index contributed by atoms with van der Waals surface area (Å²) in [7, 11) is 7.93. The molecule has 184 valence electrons. The number of benzene rings is 2. The predicted octanol–water partition coefficient (Wildman–Crippen LogP) is 3.61. The Balaban J connectivity index is 1.36. The van der Waals surface area contributed by atoms with E-state index in [9.17, 15) is 9.59 Å². The normalized spacial score (nSPS) is 10.9. The van der Waals surface area contributed by atoms with Gasteiger partial charge in [-0.15, -0.1) is 0 Å². The first-order valence-corrected chi connectivity index (χ1v) is 11.9. The van der Waals surface area contributed by atoms with Gasteiger partial charge in [-0.1, -0.05) is 6.07 Å². The van der Waals surface area contributed by atoms with Crippen LogP contribution in [0.1, 0.15) is 21.0 Å². The Morgan fingerprint density at radius 2 is 1.35 bits per heavy atom. The largest absolute Gasteiger partial charge is 0.377 e. The SMILES string of the molecule is CN(C)c1cc[n+](C)c2ccc(NC(=O)c3cccc(C(=O)Nc4ccc5c(ccc[n+]5C)c4)n3)cc12. The minimum Gasteiger partial charge on any atom is -0.377 e. The Bertz CT molecular complexity index is 1680. The van der Waals surface area contributed by atoms with Crippen LogP contribution in [0.2, 0.25) is 0 Å². The van der Waals surface area contributed by atoms with Gasteiger partial charge in [0.2, 0.25) is 11.0 Å². The highest BCUT2D eigenvalue weighted by molar-refractivity contribution is 6.07. The molecule has 2 N–H and O–H groups in total. The molecule has 0 aliphatic rings. The van der Waals surface area contributed by atoms with Crippen molar-refractivity contribution in [3.05, 3.63) is 96.6 Å². The van der Waals surface area contributed by atoms with Crippen molar-refractivity contribution in [1.82, 2.24) is 4.98 Å². The number of nitrogens with one attached hydrogen (secondary N) is 2. The summed E-state index contributed by atoms with van der Waals surface area (Å²) < 4.78 is 4.05. The molecule has 0 spiro atoms. The van der Waals surface area contributed by atoms with E-state index in [2.05, 4.69) is 15.6 Å². The van der Waals surface area contributed by atoms with Crippen molar-refractivity contribution in [2.24, 2.45) is 14.1 Å². The number of aryl methyl sites for hydroxylation is 2. The highest BCUT2D eigenvalue weighted by atomic mass is 16.2. The lowest BCUT2D eigenvalue weighted by Crippen LogP contribution is -2.29. The van der Waals surface area contributed by atoms with Crippen LogP contribution in [0.15, 0.2) is 85.2 Å². The number of hydrogen-bond acceptors (Lipinski definition) is 4. The van der Waals surface area contributed by atoms with Gasteiger partial charge in [0.1, 0.15) is 25.5 Å². The van der Waals surface area contributed by atoms with Gasteiger partial charge in [-0.25, -0.2) is 14.1 Å². The summed E-state index contributed by atoms with van der Waals surface area (Å²) in [4.78, 5) is 32.3. The number of amides is 2. The Hall–Kier alpha value is -4.85. The minimum absolute atomic E-state index is 0.157. The third-order valence-corrected chi connectivity index (χ3v) is 6.31. The molecule has 0 aliphatic carbocycles. The van der Waals surface area contributed by atoms with Crippen molar-refractivity contribution in [2.45, 2.75) is 0 Å². The second kappa shape index (κ2) is 9.66. The molecule has 0 radical (unpaired) electrons. The van der Waals surface area contributed by atoms with E-state index in [1.165, 1.54) is 0 Å². The number of carbonyl (C=O) groups is 2. The van der Waals surface area contributed by atoms with Crippen molar-refractivity contribution in [3.8, 4) is 0 Å². The lowest BCUT2D eigenvalue weighted by atomic mass is 10.1. The van der Waals surface area contributed by atoms with Crippen LogP contribution in [0.25, 0.3) is 21.8 Å². The average Bonchev–Trinajstić information content (AvgIpc) is 2.89. The molecule has 2 aromatic carbocycles. The molecule has 5 rings (SSSR count). The second-order valence-corrected chi connectivity index (χ2v) is 9.15. The van der Waals surface area contributed by atoms with Gasteiger partial charge >= 0.3 is 0 Å². The lowest BCUT2D eigenvalue weighted by Gasteiger charge is -2.15. The molecule has 5 aromatic rings. The average molecular weight is 493 g/mol. The Morgan fingerprint density at radius 1 is 0.730 bits per heavy atom. The van der Waals surface area contributed by atoms with Crippen molar-refractivity contribution < 1.29 is 18.7 Å². The van der Waals surface area contributed by atoms with Gasteiger partial charge in [-0.05, 0) is 42.5 Å². The first kappa shape index (κ1) is 23.9. The Labute approximate surface area is 214 Å². The number of aromatic nitrogens is 3. The van der Waals surface area contributed by atoms with Crippen LogP contribution in [0.4, 0.5) is 17.1 Å². The molecular weight excluding hydrogens is 464 g/mol. The topological polar surface area (TPSA) is 82.1 Å². The molecular formula is C29H28N6O2+2. The summed E-state index contributed by atoms with van der Waals surface area (Å²) in [5, 5.41) is 7.81. The fourth-order valence-corrected chi connectivity index (χ4v) is 4.39. The fourth-order valence-electron chi connectivity index (χ4n) is 4.39. The first-order chi connectivity index (χ1) is 17.8. The van der Waals surface area contributed by atoms with E-state index < -0.39 is 0 Å². The number of rotatable bonds is 5. The second-order valence-electron chi connectivity index (χ2n) is 9.15. The molecule has 37 heavy (non-hydrogen) atoms. The van der Waals surface area contributed by atoms with Gasteiger partial charge in [0.25, 0.3) is 11.8 Å². The van der Waals surface area contributed by atoms with Crippen LogP contribution in [0, 0.1) is 0 Å². The molecule has 0 saturated carbocycles. The van der Waals surface area contributed by atoms with E-state index in [4.69, 9.17) is 0 Å². The van der Waals surface area contributed by atoms with Gasteiger partial charge in [-0.2, -0.15) is 0 Å². The zero-order valence-corrected chi connectivity index (χ0v) is 21.2. The number of hydrogen-bond donors (Lipinski definition) is 2. The molecule has 0 aliphatic heterocycles. The van der Waals surface area contributed by atoms with E-state index in [0.29, 0.717) is 11.4 Å². The van der Waals surface area contributed by atoms with Gasteiger partial charge in [0.15, 0.2) is 12.4 Å². The quantitative estimate of drug-likeness (QED) is 0.367. The maximum atomic E-state index is 13.0. The van der Waals surface area contributed by atoms with Crippen LogP contribution in [0.5, 0.6) is 0 Å². The van der Waals surface area contributed by atoms with Crippen LogP contribution < -0.4 is 24.7 Å². The highest BCUT2D eigenvalue weighted by Gasteiger charge is 2.16.